The number of nitrogens with one attached hydrogen (secondary N) is 1. The van der Waals surface area contributed by atoms with Crippen LogP contribution in [-0.4, -0.2) is 22.5 Å². The summed E-state index contributed by atoms with van der Waals surface area (Å²) in [7, 11) is 0. The van der Waals surface area contributed by atoms with Crippen LogP contribution in [0, 0.1) is 5.82 Å². The molecule has 0 radical (unpaired) electrons. The summed E-state index contributed by atoms with van der Waals surface area (Å²) in [5.74, 6) is -2.12. The minimum absolute atomic E-state index is 0.0400. The Hall–Kier alpha value is -2.63. The average molecular weight is 305 g/mol. The second kappa shape index (κ2) is 6.43. The van der Waals surface area contributed by atoms with Crippen LogP contribution >= 0.6 is 0 Å². The van der Waals surface area contributed by atoms with E-state index < -0.39 is 23.2 Å². The molecule has 2 N–H and O–H groups in total. The van der Waals surface area contributed by atoms with Gasteiger partial charge in [0.25, 0.3) is 5.91 Å². The Morgan fingerprint density at radius 1 is 1.27 bits per heavy atom. The Balaban J connectivity index is 2.25. The predicted octanol–water partition coefficient (Wildman–Crippen LogP) is 2.62. The molecule has 0 aliphatic carbocycles. The number of hydrogen-bond acceptors (Lipinski definition) is 3. The molecular weight excluding hydrogens is 289 g/mol. The van der Waals surface area contributed by atoms with Gasteiger partial charge in [-0.2, -0.15) is 0 Å². The first-order chi connectivity index (χ1) is 10.5. The molecule has 0 spiro atoms. The molecule has 2 aromatic rings. The average Bonchev–Trinajstić information content (AvgIpc) is 3.03. The number of furan rings is 1. The monoisotopic (exact) mass is 305 g/mol. The van der Waals surface area contributed by atoms with E-state index in [2.05, 4.69) is 5.32 Å². The van der Waals surface area contributed by atoms with E-state index in [1.807, 2.05) is 0 Å². The Labute approximate surface area is 126 Å². The summed E-state index contributed by atoms with van der Waals surface area (Å²) in [6.07, 6.45) is 1.56. The third-order valence-corrected chi connectivity index (χ3v) is 3.53. The van der Waals surface area contributed by atoms with E-state index in [1.165, 1.54) is 36.6 Å². The maximum Gasteiger partial charge on any atom is 0.329 e. The van der Waals surface area contributed by atoms with E-state index in [4.69, 9.17) is 4.42 Å². The normalized spacial score (nSPS) is 13.4. The van der Waals surface area contributed by atoms with Crippen molar-refractivity contribution in [2.24, 2.45) is 0 Å². The highest BCUT2D eigenvalue weighted by molar-refractivity contribution is 5.95. The predicted molar refractivity (Wildman–Crippen MR) is 76.9 cm³/mol. The lowest BCUT2D eigenvalue weighted by Crippen LogP contribution is -2.55. The van der Waals surface area contributed by atoms with Crippen LogP contribution in [0.15, 0.2) is 47.1 Å². The minimum Gasteiger partial charge on any atom is -0.479 e. The zero-order chi connectivity index (χ0) is 16.2. The molecule has 0 aliphatic heterocycles. The highest BCUT2D eigenvalue weighted by Crippen LogP contribution is 2.20. The molecule has 2 rings (SSSR count). The van der Waals surface area contributed by atoms with Crippen molar-refractivity contribution < 1.29 is 23.5 Å². The van der Waals surface area contributed by atoms with E-state index in [0.29, 0.717) is 5.56 Å². The zero-order valence-electron chi connectivity index (χ0n) is 12.0. The van der Waals surface area contributed by atoms with Crippen molar-refractivity contribution in [3.8, 4) is 0 Å². The molecular formula is C16H16FNO4. The molecule has 22 heavy (non-hydrogen) atoms. The van der Waals surface area contributed by atoms with Gasteiger partial charge in [0.1, 0.15) is 11.4 Å². The molecule has 1 aromatic heterocycles. The second-order valence-corrected chi connectivity index (χ2v) is 4.98. The summed E-state index contributed by atoms with van der Waals surface area (Å²) in [4.78, 5) is 23.8. The van der Waals surface area contributed by atoms with Gasteiger partial charge in [-0.25, -0.2) is 9.18 Å². The molecule has 1 amide bonds. The van der Waals surface area contributed by atoms with E-state index in [0.717, 1.165) is 0 Å². The standard InChI is InChI=1S/C16H16FNO4/c1-2-16(15(20)21,10-11-5-7-12(17)8-6-11)18-14(19)13-4-3-9-22-13/h3-9H,2,10H2,1H3,(H,18,19)(H,20,21). The lowest BCUT2D eigenvalue weighted by molar-refractivity contribution is -0.144. The van der Waals surface area contributed by atoms with Gasteiger partial charge < -0.3 is 14.8 Å². The number of carboxylic acids is 1. The van der Waals surface area contributed by atoms with Gasteiger partial charge in [0.2, 0.25) is 0 Å². The van der Waals surface area contributed by atoms with Gasteiger partial charge in [-0.1, -0.05) is 19.1 Å². The summed E-state index contributed by atoms with van der Waals surface area (Å²) in [5, 5.41) is 12.1. The molecule has 1 atom stereocenters. The summed E-state index contributed by atoms with van der Waals surface area (Å²) in [6, 6.07) is 8.51. The van der Waals surface area contributed by atoms with Gasteiger partial charge in [-0.05, 0) is 36.2 Å². The fourth-order valence-electron chi connectivity index (χ4n) is 2.18. The van der Waals surface area contributed by atoms with Gasteiger partial charge in [-0.15, -0.1) is 0 Å². The Bertz CT molecular complexity index is 651. The van der Waals surface area contributed by atoms with Crippen LogP contribution < -0.4 is 5.32 Å². The lowest BCUT2D eigenvalue weighted by Gasteiger charge is -2.29. The van der Waals surface area contributed by atoms with Crippen molar-refractivity contribution in [1.29, 1.82) is 0 Å². The largest absolute Gasteiger partial charge is 0.479 e. The topological polar surface area (TPSA) is 79.5 Å². The molecule has 1 unspecified atom stereocenters. The van der Waals surface area contributed by atoms with Crippen molar-refractivity contribution in [1.82, 2.24) is 5.32 Å². The van der Waals surface area contributed by atoms with E-state index in [-0.39, 0.29) is 18.6 Å². The van der Waals surface area contributed by atoms with Gasteiger partial charge in [-0.3, -0.25) is 4.79 Å². The molecule has 5 nitrogen and oxygen atoms in total. The lowest BCUT2D eigenvalue weighted by atomic mass is 9.88. The number of aliphatic carboxylic acids is 1. The molecule has 1 heterocycles. The van der Waals surface area contributed by atoms with Crippen molar-refractivity contribution in [2.45, 2.75) is 25.3 Å². The van der Waals surface area contributed by atoms with Crippen molar-refractivity contribution in [3.63, 3.8) is 0 Å². The third kappa shape index (κ3) is 3.33. The molecule has 0 fully saturated rings. The quantitative estimate of drug-likeness (QED) is 0.860. The first-order valence-electron chi connectivity index (χ1n) is 6.81. The first kappa shape index (κ1) is 15.8. The molecule has 0 saturated heterocycles. The Morgan fingerprint density at radius 3 is 2.45 bits per heavy atom. The summed E-state index contributed by atoms with van der Waals surface area (Å²) in [5.41, 5.74) is -0.868. The third-order valence-electron chi connectivity index (χ3n) is 3.53. The van der Waals surface area contributed by atoms with E-state index in [9.17, 15) is 19.1 Å². The zero-order valence-corrected chi connectivity index (χ0v) is 12.0. The SMILES string of the molecule is CCC(Cc1ccc(F)cc1)(NC(=O)c1ccco1)C(=O)O. The molecule has 116 valence electrons. The van der Waals surface area contributed by atoms with Crippen LogP contribution in [-0.2, 0) is 11.2 Å². The fourth-order valence-corrected chi connectivity index (χ4v) is 2.18. The van der Waals surface area contributed by atoms with Crippen LogP contribution in [0.5, 0.6) is 0 Å². The van der Waals surface area contributed by atoms with Gasteiger partial charge in [0.05, 0.1) is 6.26 Å². The number of carbonyl (C=O) groups excluding carboxylic acids is 1. The first-order valence-corrected chi connectivity index (χ1v) is 6.81. The van der Waals surface area contributed by atoms with Crippen LogP contribution in [0.4, 0.5) is 4.39 Å². The summed E-state index contributed by atoms with van der Waals surface area (Å²) < 4.78 is 17.9. The molecule has 0 bridgehead atoms. The van der Waals surface area contributed by atoms with Crippen molar-refractivity contribution in [3.05, 3.63) is 59.8 Å². The van der Waals surface area contributed by atoms with Crippen LogP contribution in [0.3, 0.4) is 0 Å². The fraction of sp³-hybridized carbons (Fsp3) is 0.250. The van der Waals surface area contributed by atoms with E-state index in [1.54, 1.807) is 13.0 Å². The Kier molecular flexibility index (Phi) is 4.60. The number of carbonyl (C=O) groups is 2. The van der Waals surface area contributed by atoms with Crippen molar-refractivity contribution >= 4 is 11.9 Å². The maximum atomic E-state index is 13.0. The smallest absolute Gasteiger partial charge is 0.329 e. The number of amides is 1. The van der Waals surface area contributed by atoms with Crippen molar-refractivity contribution in [2.75, 3.05) is 0 Å². The number of hydrogen-bond donors (Lipinski definition) is 2. The molecule has 6 heteroatoms. The second-order valence-electron chi connectivity index (χ2n) is 4.98. The highest BCUT2D eigenvalue weighted by atomic mass is 19.1. The number of halogens is 1. The minimum atomic E-state index is -1.48. The number of carboxylic acid groups (broad SMARTS) is 1. The van der Waals surface area contributed by atoms with Gasteiger partial charge in [0, 0.05) is 6.42 Å². The van der Waals surface area contributed by atoms with Crippen LogP contribution in [0.25, 0.3) is 0 Å². The van der Waals surface area contributed by atoms with Crippen LogP contribution in [0.1, 0.15) is 29.5 Å². The number of rotatable bonds is 6. The van der Waals surface area contributed by atoms with E-state index >= 15 is 0 Å². The summed E-state index contributed by atoms with van der Waals surface area (Å²) in [6.45, 7) is 1.67. The molecule has 0 aliphatic rings. The van der Waals surface area contributed by atoms with Crippen LogP contribution in [0.2, 0.25) is 0 Å². The molecule has 1 aromatic carbocycles. The molecule has 0 saturated carbocycles. The van der Waals surface area contributed by atoms with Gasteiger partial charge in [0.15, 0.2) is 5.76 Å². The Morgan fingerprint density at radius 2 is 1.95 bits per heavy atom. The highest BCUT2D eigenvalue weighted by Gasteiger charge is 2.39. The summed E-state index contributed by atoms with van der Waals surface area (Å²) >= 11 is 0. The van der Waals surface area contributed by atoms with Gasteiger partial charge >= 0.3 is 5.97 Å². The number of benzene rings is 1. The maximum absolute atomic E-state index is 13.0.